The lowest BCUT2D eigenvalue weighted by molar-refractivity contribution is -0.120. The van der Waals surface area contributed by atoms with Gasteiger partial charge in [-0.1, -0.05) is 31.2 Å². The van der Waals surface area contributed by atoms with E-state index in [-0.39, 0.29) is 17.1 Å². The lowest BCUT2D eigenvalue weighted by atomic mass is 9.87. The van der Waals surface area contributed by atoms with Gasteiger partial charge >= 0.3 is 6.03 Å². The molecule has 1 aliphatic heterocycles. The first kappa shape index (κ1) is 14.9. The number of carbonyl (C=O) groups is 2. The Kier molecular flexibility index (Phi) is 5.06. The van der Waals surface area contributed by atoms with Gasteiger partial charge in [-0.2, -0.15) is 0 Å². The maximum absolute atomic E-state index is 12.3. The first-order valence-electron chi connectivity index (χ1n) is 6.83. The summed E-state index contributed by atoms with van der Waals surface area (Å²) in [5.74, 6) is 0.513. The second-order valence-corrected chi connectivity index (χ2v) is 6.30. The molecule has 3 unspecified atom stereocenters. The van der Waals surface area contributed by atoms with Gasteiger partial charge in [-0.25, -0.2) is 4.79 Å². The highest BCUT2D eigenvalue weighted by atomic mass is 32.2. The van der Waals surface area contributed by atoms with Gasteiger partial charge < -0.3 is 11.1 Å². The second-order valence-electron chi connectivity index (χ2n) is 5.19. The summed E-state index contributed by atoms with van der Waals surface area (Å²) < 4.78 is 0. The van der Waals surface area contributed by atoms with Crippen molar-refractivity contribution in [1.82, 2.24) is 5.32 Å². The molecule has 0 spiro atoms. The van der Waals surface area contributed by atoms with Gasteiger partial charge in [0.2, 0.25) is 0 Å². The van der Waals surface area contributed by atoms with Crippen molar-refractivity contribution < 1.29 is 9.59 Å². The number of thioether (sulfide) groups is 1. The molecular weight excluding hydrogens is 272 g/mol. The average Bonchev–Trinajstić information content (AvgIpc) is 2.98. The zero-order chi connectivity index (χ0) is 14.5. The van der Waals surface area contributed by atoms with Crippen LogP contribution < -0.4 is 11.1 Å². The third-order valence-corrected chi connectivity index (χ3v) is 4.75. The fourth-order valence-electron chi connectivity index (χ4n) is 2.39. The number of hydrogen-bond acceptors (Lipinski definition) is 3. The minimum Gasteiger partial charge on any atom is -0.352 e. The number of nitrogens with two attached hydrogens (primary N) is 1. The van der Waals surface area contributed by atoms with Crippen LogP contribution in [0.15, 0.2) is 35.3 Å². The van der Waals surface area contributed by atoms with Crippen LogP contribution in [-0.2, 0) is 4.79 Å². The molecule has 3 atom stereocenters. The maximum atomic E-state index is 12.3. The van der Waals surface area contributed by atoms with E-state index in [4.69, 9.17) is 5.73 Å². The van der Waals surface area contributed by atoms with Gasteiger partial charge in [0.05, 0.1) is 5.25 Å². The van der Waals surface area contributed by atoms with Gasteiger partial charge in [0.25, 0.3) is 0 Å². The summed E-state index contributed by atoms with van der Waals surface area (Å²) in [4.78, 5) is 23.0. The van der Waals surface area contributed by atoms with Crippen molar-refractivity contribution in [3.63, 3.8) is 0 Å². The van der Waals surface area contributed by atoms with Crippen LogP contribution in [-0.4, -0.2) is 23.6 Å². The number of allylic oxidation sites excluding steroid dienone is 4. The summed E-state index contributed by atoms with van der Waals surface area (Å²) in [6.45, 7) is 2.55. The van der Waals surface area contributed by atoms with Gasteiger partial charge in [0, 0.05) is 12.5 Å². The highest BCUT2D eigenvalue weighted by Gasteiger charge is 2.27. The number of nitrogens with one attached hydrogen (secondary N) is 1. The van der Waals surface area contributed by atoms with Crippen LogP contribution in [0.2, 0.25) is 0 Å². The van der Waals surface area contributed by atoms with Crippen molar-refractivity contribution in [2.75, 3.05) is 6.54 Å². The van der Waals surface area contributed by atoms with E-state index in [1.165, 1.54) is 0 Å². The number of rotatable bonds is 5. The van der Waals surface area contributed by atoms with Crippen molar-refractivity contribution in [3.8, 4) is 0 Å². The van der Waals surface area contributed by atoms with Crippen molar-refractivity contribution in [2.45, 2.75) is 25.0 Å². The summed E-state index contributed by atoms with van der Waals surface area (Å²) in [5, 5.41) is 4.71. The van der Waals surface area contributed by atoms with E-state index in [1.54, 1.807) is 11.8 Å². The lowest BCUT2D eigenvalue weighted by Crippen LogP contribution is -2.33. The van der Waals surface area contributed by atoms with E-state index in [1.807, 2.05) is 24.5 Å². The molecule has 2 rings (SSSR count). The van der Waals surface area contributed by atoms with Gasteiger partial charge in [0.1, 0.15) is 0 Å². The Morgan fingerprint density at radius 3 is 2.85 bits per heavy atom. The molecule has 0 radical (unpaired) electrons. The van der Waals surface area contributed by atoms with Crippen molar-refractivity contribution in [3.05, 3.63) is 35.3 Å². The molecule has 2 amide bonds. The Balaban J connectivity index is 1.85. The number of urea groups is 1. The molecule has 20 heavy (non-hydrogen) atoms. The number of ketones is 1. The van der Waals surface area contributed by atoms with Gasteiger partial charge in [-0.3, -0.25) is 4.79 Å². The van der Waals surface area contributed by atoms with E-state index in [2.05, 4.69) is 17.5 Å². The quantitative estimate of drug-likeness (QED) is 0.817. The van der Waals surface area contributed by atoms with E-state index >= 15 is 0 Å². The highest BCUT2D eigenvalue weighted by molar-refractivity contribution is 8.03. The highest BCUT2D eigenvalue weighted by Crippen LogP contribution is 2.30. The molecule has 0 bridgehead atoms. The predicted octanol–water partition coefficient (Wildman–Crippen LogP) is 2.38. The third-order valence-electron chi connectivity index (χ3n) is 3.65. The van der Waals surface area contributed by atoms with Gasteiger partial charge in [-0.05, 0) is 29.7 Å². The summed E-state index contributed by atoms with van der Waals surface area (Å²) in [7, 11) is 0. The maximum Gasteiger partial charge on any atom is 0.312 e. The van der Waals surface area contributed by atoms with E-state index < -0.39 is 6.03 Å². The minimum atomic E-state index is -0.504. The van der Waals surface area contributed by atoms with Crippen LogP contribution in [0.4, 0.5) is 4.79 Å². The van der Waals surface area contributed by atoms with Crippen LogP contribution in [0, 0.1) is 11.8 Å². The third kappa shape index (κ3) is 3.76. The number of carbonyl (C=O) groups excluding carboxylic acids is 2. The Morgan fingerprint density at radius 2 is 2.30 bits per heavy atom. The smallest absolute Gasteiger partial charge is 0.312 e. The van der Waals surface area contributed by atoms with Crippen LogP contribution in [0.25, 0.3) is 0 Å². The fraction of sp³-hybridized carbons (Fsp3) is 0.467. The topological polar surface area (TPSA) is 72.2 Å². The van der Waals surface area contributed by atoms with E-state index in [9.17, 15) is 9.59 Å². The van der Waals surface area contributed by atoms with Gasteiger partial charge in [-0.15, -0.1) is 11.8 Å². The van der Waals surface area contributed by atoms with E-state index in [0.717, 1.165) is 18.4 Å². The number of hydrogen-bond donors (Lipinski definition) is 2. The predicted molar refractivity (Wildman–Crippen MR) is 82.2 cm³/mol. The second kappa shape index (κ2) is 6.79. The molecular formula is C15H20N2O2S. The van der Waals surface area contributed by atoms with Crippen LogP contribution in [0.1, 0.15) is 19.8 Å². The van der Waals surface area contributed by atoms with Gasteiger partial charge in [0.15, 0.2) is 5.78 Å². The lowest BCUT2D eigenvalue weighted by Gasteiger charge is -2.21. The molecule has 0 aromatic rings. The Hall–Kier alpha value is -1.49. The Morgan fingerprint density at radius 1 is 1.50 bits per heavy atom. The van der Waals surface area contributed by atoms with Crippen molar-refractivity contribution in [1.29, 1.82) is 0 Å². The molecule has 0 aromatic heterocycles. The largest absolute Gasteiger partial charge is 0.352 e. The first-order valence-corrected chi connectivity index (χ1v) is 7.78. The minimum absolute atomic E-state index is 0.00699. The number of primary amides is 1. The molecule has 2 aliphatic rings. The van der Waals surface area contributed by atoms with Crippen molar-refractivity contribution in [2.24, 2.45) is 17.6 Å². The summed E-state index contributed by atoms with van der Waals surface area (Å²) in [6.07, 6.45) is 9.76. The molecule has 0 fully saturated rings. The zero-order valence-corrected chi connectivity index (χ0v) is 12.4. The standard InChI is InChI=1S/C15H20N2O2S/c1-10(9-17-15(16)19)11-4-6-12(7-5-11)14(18)13-3-2-8-20-13/h2,4-6,8,10,12-13H,3,7,9H2,1H3,(H3,16,17,19). The summed E-state index contributed by atoms with van der Waals surface area (Å²) >= 11 is 1.62. The van der Waals surface area contributed by atoms with Crippen LogP contribution in [0.5, 0.6) is 0 Å². The summed E-state index contributed by atoms with van der Waals surface area (Å²) in [6, 6.07) is -0.504. The normalized spacial score (nSPS) is 26.1. The average molecular weight is 292 g/mol. The first-order chi connectivity index (χ1) is 9.58. The number of Topliss-reactive ketones (excluding diaryl/α,β-unsaturated/α-hetero) is 1. The molecule has 0 aromatic carbocycles. The molecule has 108 valence electrons. The Bertz CT molecular complexity index is 474. The summed E-state index contributed by atoms with van der Waals surface area (Å²) in [5.41, 5.74) is 6.21. The SMILES string of the molecule is CC(CNC(N)=O)C1=CCC(C(=O)C2CC=CS2)C=C1. The molecule has 0 saturated heterocycles. The fourth-order valence-corrected chi connectivity index (χ4v) is 3.34. The molecule has 4 nitrogen and oxygen atoms in total. The number of amides is 2. The zero-order valence-electron chi connectivity index (χ0n) is 11.5. The Labute approximate surface area is 123 Å². The molecule has 1 heterocycles. The van der Waals surface area contributed by atoms with E-state index in [0.29, 0.717) is 12.3 Å². The molecule has 0 saturated carbocycles. The molecule has 5 heteroatoms. The van der Waals surface area contributed by atoms with Crippen molar-refractivity contribution >= 4 is 23.6 Å². The molecule has 1 aliphatic carbocycles. The monoisotopic (exact) mass is 292 g/mol. The van der Waals surface area contributed by atoms with Crippen LogP contribution >= 0.6 is 11.8 Å². The van der Waals surface area contributed by atoms with Crippen LogP contribution in [0.3, 0.4) is 0 Å². The molecule has 3 N–H and O–H groups in total.